The minimum absolute atomic E-state index is 0.244. The Morgan fingerprint density at radius 2 is 1.77 bits per heavy atom. The SMILES string of the molecule is Cc1ccc(C2(C(=O)N3CC[C@H](Nc4cc(C)c5cc(C)ccc5n4)C3)CCC2)cc1. The Hall–Kier alpha value is -2.88. The maximum Gasteiger partial charge on any atom is 0.233 e. The Balaban J connectivity index is 1.31. The predicted octanol–water partition coefficient (Wildman–Crippen LogP) is 5.29. The summed E-state index contributed by atoms with van der Waals surface area (Å²) >= 11 is 0. The van der Waals surface area contributed by atoms with E-state index in [1.54, 1.807) is 0 Å². The van der Waals surface area contributed by atoms with Crippen LogP contribution < -0.4 is 5.32 Å². The quantitative estimate of drug-likeness (QED) is 0.632. The van der Waals surface area contributed by atoms with E-state index in [1.807, 2.05) is 0 Å². The summed E-state index contributed by atoms with van der Waals surface area (Å²) in [6.45, 7) is 7.91. The van der Waals surface area contributed by atoms with Crippen LogP contribution in [-0.4, -0.2) is 34.9 Å². The Morgan fingerprint density at radius 3 is 2.48 bits per heavy atom. The number of anilines is 1. The normalized spacial score (nSPS) is 20.0. The largest absolute Gasteiger partial charge is 0.365 e. The monoisotopic (exact) mass is 413 g/mol. The molecule has 5 rings (SSSR count). The Morgan fingerprint density at radius 1 is 1.03 bits per heavy atom. The molecule has 0 radical (unpaired) electrons. The van der Waals surface area contributed by atoms with E-state index in [0.29, 0.717) is 5.91 Å². The maximum absolute atomic E-state index is 13.6. The van der Waals surface area contributed by atoms with Gasteiger partial charge in [0.15, 0.2) is 0 Å². The second-order valence-corrected chi connectivity index (χ2v) is 9.53. The van der Waals surface area contributed by atoms with Crippen molar-refractivity contribution in [2.24, 2.45) is 0 Å². The van der Waals surface area contributed by atoms with E-state index in [2.05, 4.69) is 79.5 Å². The third-order valence-corrected chi connectivity index (χ3v) is 7.22. The van der Waals surface area contributed by atoms with Crippen LogP contribution in [0.2, 0.25) is 0 Å². The summed E-state index contributed by atoms with van der Waals surface area (Å²) in [6, 6.07) is 17.3. The molecule has 4 heteroatoms. The molecule has 0 unspecified atom stereocenters. The van der Waals surface area contributed by atoms with Gasteiger partial charge in [-0.25, -0.2) is 4.98 Å². The number of amides is 1. The molecule has 4 nitrogen and oxygen atoms in total. The average Bonchev–Trinajstić information content (AvgIpc) is 3.17. The molecule has 1 saturated heterocycles. The van der Waals surface area contributed by atoms with Crippen LogP contribution >= 0.6 is 0 Å². The van der Waals surface area contributed by atoms with E-state index >= 15 is 0 Å². The van der Waals surface area contributed by atoms with Gasteiger partial charge in [-0.2, -0.15) is 0 Å². The fourth-order valence-electron chi connectivity index (χ4n) is 5.19. The first-order valence-corrected chi connectivity index (χ1v) is 11.5. The Labute approximate surface area is 184 Å². The summed E-state index contributed by atoms with van der Waals surface area (Å²) in [5.74, 6) is 1.22. The van der Waals surface area contributed by atoms with Crippen LogP contribution in [0.15, 0.2) is 48.5 Å². The Bertz CT molecular complexity index is 1130. The zero-order chi connectivity index (χ0) is 21.6. The molecule has 31 heavy (non-hydrogen) atoms. The third kappa shape index (κ3) is 3.58. The van der Waals surface area contributed by atoms with E-state index in [4.69, 9.17) is 4.98 Å². The van der Waals surface area contributed by atoms with Gasteiger partial charge in [0.1, 0.15) is 5.82 Å². The van der Waals surface area contributed by atoms with Gasteiger partial charge >= 0.3 is 0 Å². The van der Waals surface area contributed by atoms with Gasteiger partial charge in [-0.1, -0.05) is 47.9 Å². The van der Waals surface area contributed by atoms with Crippen LogP contribution in [-0.2, 0) is 10.2 Å². The third-order valence-electron chi connectivity index (χ3n) is 7.22. The number of likely N-dealkylation sites (tertiary alicyclic amines) is 1. The number of hydrogen-bond donors (Lipinski definition) is 1. The molecule has 2 aromatic carbocycles. The van der Waals surface area contributed by atoms with Gasteiger partial charge in [0.25, 0.3) is 0 Å². The standard InChI is InChI=1S/C27H31N3O/c1-18-5-8-21(9-6-18)27(12-4-13-27)26(31)30-14-11-22(17-30)28-25-16-20(3)23-15-19(2)7-10-24(23)29-25/h5-10,15-16,22H,4,11-14,17H2,1-3H3,(H,28,29)/t22-/m0/s1. The van der Waals surface area contributed by atoms with Gasteiger partial charge in [-0.15, -0.1) is 0 Å². The predicted molar refractivity (Wildman–Crippen MR) is 127 cm³/mol. The number of nitrogens with zero attached hydrogens (tertiary/aromatic N) is 2. The molecule has 1 amide bonds. The average molecular weight is 414 g/mol. The van der Waals surface area contributed by atoms with Gasteiger partial charge < -0.3 is 10.2 Å². The van der Waals surface area contributed by atoms with Crippen molar-refractivity contribution >= 4 is 22.6 Å². The first-order chi connectivity index (χ1) is 14.9. The highest BCUT2D eigenvalue weighted by molar-refractivity contribution is 5.90. The summed E-state index contributed by atoms with van der Waals surface area (Å²) < 4.78 is 0. The molecule has 2 aliphatic rings. The van der Waals surface area contributed by atoms with Crippen LogP contribution in [0, 0.1) is 20.8 Å². The molecule has 1 aliphatic heterocycles. The fraction of sp³-hybridized carbons (Fsp3) is 0.407. The lowest BCUT2D eigenvalue weighted by Gasteiger charge is -2.43. The Kier molecular flexibility index (Phi) is 4.96. The molecule has 1 saturated carbocycles. The molecule has 1 N–H and O–H groups in total. The fourth-order valence-corrected chi connectivity index (χ4v) is 5.19. The molecule has 2 heterocycles. The lowest BCUT2D eigenvalue weighted by Crippen LogP contribution is -2.50. The van der Waals surface area contributed by atoms with Crippen LogP contribution in [0.5, 0.6) is 0 Å². The van der Waals surface area contributed by atoms with E-state index in [-0.39, 0.29) is 11.5 Å². The molecule has 3 aromatic rings. The van der Waals surface area contributed by atoms with Crippen LogP contribution in [0.4, 0.5) is 5.82 Å². The smallest absolute Gasteiger partial charge is 0.233 e. The van der Waals surface area contributed by atoms with E-state index in [9.17, 15) is 4.79 Å². The van der Waals surface area contributed by atoms with Gasteiger partial charge in [-0.05, 0) is 69.4 Å². The van der Waals surface area contributed by atoms with E-state index in [1.165, 1.54) is 27.6 Å². The lowest BCUT2D eigenvalue weighted by atomic mass is 9.63. The molecule has 1 aliphatic carbocycles. The van der Waals surface area contributed by atoms with Crippen molar-refractivity contribution in [3.8, 4) is 0 Å². The van der Waals surface area contributed by atoms with Crippen LogP contribution in [0.1, 0.15) is 47.9 Å². The van der Waals surface area contributed by atoms with Crippen LogP contribution in [0.25, 0.3) is 10.9 Å². The van der Waals surface area contributed by atoms with Gasteiger partial charge in [0, 0.05) is 24.5 Å². The summed E-state index contributed by atoms with van der Waals surface area (Å²) in [5, 5.41) is 4.81. The molecule has 1 aromatic heterocycles. The minimum Gasteiger partial charge on any atom is -0.365 e. The number of benzene rings is 2. The summed E-state index contributed by atoms with van der Waals surface area (Å²) in [4.78, 5) is 20.5. The van der Waals surface area contributed by atoms with Crippen molar-refractivity contribution in [1.29, 1.82) is 0 Å². The summed E-state index contributed by atoms with van der Waals surface area (Å²) in [7, 11) is 0. The number of aromatic nitrogens is 1. The first kappa shape index (κ1) is 20.0. The number of fused-ring (bicyclic) bond motifs is 1. The zero-order valence-electron chi connectivity index (χ0n) is 18.7. The molecule has 0 spiro atoms. The van der Waals surface area contributed by atoms with E-state index in [0.717, 1.165) is 50.1 Å². The van der Waals surface area contributed by atoms with E-state index < -0.39 is 0 Å². The zero-order valence-corrected chi connectivity index (χ0v) is 18.7. The van der Waals surface area contributed by atoms with Gasteiger partial charge in [0.05, 0.1) is 10.9 Å². The second kappa shape index (κ2) is 7.67. The number of carbonyl (C=O) groups is 1. The number of nitrogens with one attached hydrogen (secondary N) is 1. The molecule has 0 bridgehead atoms. The number of carbonyl (C=O) groups excluding carboxylic acids is 1. The molecular weight excluding hydrogens is 382 g/mol. The lowest BCUT2D eigenvalue weighted by molar-refractivity contribution is -0.139. The highest BCUT2D eigenvalue weighted by atomic mass is 16.2. The second-order valence-electron chi connectivity index (χ2n) is 9.53. The van der Waals surface area contributed by atoms with Crippen molar-refractivity contribution in [3.05, 3.63) is 70.8 Å². The van der Waals surface area contributed by atoms with Crippen molar-refractivity contribution in [1.82, 2.24) is 9.88 Å². The van der Waals surface area contributed by atoms with Crippen molar-refractivity contribution in [3.63, 3.8) is 0 Å². The number of rotatable bonds is 4. The number of pyridine rings is 1. The number of aryl methyl sites for hydroxylation is 3. The molecule has 2 fully saturated rings. The summed E-state index contributed by atoms with van der Waals surface area (Å²) in [5.41, 5.74) is 5.62. The highest BCUT2D eigenvalue weighted by Gasteiger charge is 2.48. The maximum atomic E-state index is 13.6. The van der Waals surface area contributed by atoms with Crippen molar-refractivity contribution in [2.45, 2.75) is 57.9 Å². The topological polar surface area (TPSA) is 45.2 Å². The first-order valence-electron chi connectivity index (χ1n) is 11.5. The molecule has 160 valence electrons. The molecule has 1 atom stereocenters. The van der Waals surface area contributed by atoms with Crippen molar-refractivity contribution in [2.75, 3.05) is 18.4 Å². The van der Waals surface area contributed by atoms with Crippen molar-refractivity contribution < 1.29 is 4.79 Å². The van der Waals surface area contributed by atoms with Gasteiger partial charge in [-0.3, -0.25) is 4.79 Å². The number of hydrogen-bond acceptors (Lipinski definition) is 3. The highest BCUT2D eigenvalue weighted by Crippen LogP contribution is 2.45. The minimum atomic E-state index is -0.307. The van der Waals surface area contributed by atoms with Gasteiger partial charge in [0.2, 0.25) is 5.91 Å². The van der Waals surface area contributed by atoms with Crippen LogP contribution in [0.3, 0.4) is 0 Å². The summed E-state index contributed by atoms with van der Waals surface area (Å²) in [6.07, 6.45) is 4.03. The molecular formula is C27H31N3O.